The molecule has 0 spiro atoms. The first-order valence-corrected chi connectivity index (χ1v) is 5.21. The standard InChI is InChI=1S/C9H7Cl2F3N2O/c10-6-3-5(4-7(11)16-6)8(17)15-2-1-9(12,13)14/h3-4H,1-2H2,(H,15,17). The molecule has 0 atom stereocenters. The van der Waals surface area contributed by atoms with E-state index >= 15 is 0 Å². The molecule has 0 saturated carbocycles. The van der Waals surface area contributed by atoms with E-state index < -0.39 is 25.0 Å². The van der Waals surface area contributed by atoms with Gasteiger partial charge in [-0.1, -0.05) is 23.2 Å². The molecule has 1 rings (SSSR count). The molecule has 0 unspecified atom stereocenters. The highest BCUT2D eigenvalue weighted by atomic mass is 35.5. The van der Waals surface area contributed by atoms with Gasteiger partial charge in [0.1, 0.15) is 10.3 Å². The second-order valence-electron chi connectivity index (χ2n) is 3.12. The quantitative estimate of drug-likeness (QED) is 0.868. The molecule has 0 aliphatic heterocycles. The van der Waals surface area contributed by atoms with E-state index in [9.17, 15) is 18.0 Å². The second-order valence-corrected chi connectivity index (χ2v) is 3.90. The van der Waals surface area contributed by atoms with Crippen molar-refractivity contribution in [3.05, 3.63) is 28.0 Å². The van der Waals surface area contributed by atoms with Crippen LogP contribution in [0.2, 0.25) is 10.3 Å². The van der Waals surface area contributed by atoms with Crippen molar-refractivity contribution < 1.29 is 18.0 Å². The minimum atomic E-state index is -4.30. The number of nitrogens with zero attached hydrogens (tertiary/aromatic N) is 1. The third-order valence-corrected chi connectivity index (χ3v) is 2.11. The summed E-state index contributed by atoms with van der Waals surface area (Å²) in [6.07, 6.45) is -5.40. The molecule has 1 amide bonds. The molecule has 17 heavy (non-hydrogen) atoms. The summed E-state index contributed by atoms with van der Waals surface area (Å²) in [5.41, 5.74) is 0.0668. The molecule has 0 saturated heterocycles. The van der Waals surface area contributed by atoms with E-state index in [-0.39, 0.29) is 15.9 Å². The average molecular weight is 287 g/mol. The van der Waals surface area contributed by atoms with Crippen LogP contribution < -0.4 is 5.32 Å². The summed E-state index contributed by atoms with van der Waals surface area (Å²) in [4.78, 5) is 15.0. The molecule has 0 aliphatic rings. The molecule has 0 aliphatic carbocycles. The van der Waals surface area contributed by atoms with Crippen LogP contribution in [-0.2, 0) is 0 Å². The fourth-order valence-electron chi connectivity index (χ4n) is 1.02. The number of nitrogens with one attached hydrogen (secondary N) is 1. The molecule has 0 fully saturated rings. The Morgan fingerprint density at radius 2 is 1.82 bits per heavy atom. The predicted octanol–water partition coefficient (Wildman–Crippen LogP) is 3.07. The minimum Gasteiger partial charge on any atom is -0.352 e. The topological polar surface area (TPSA) is 42.0 Å². The van der Waals surface area contributed by atoms with E-state index in [1.165, 1.54) is 12.1 Å². The van der Waals surface area contributed by atoms with Crippen LogP contribution in [0.25, 0.3) is 0 Å². The summed E-state index contributed by atoms with van der Waals surface area (Å²) in [7, 11) is 0. The number of halogens is 5. The highest BCUT2D eigenvalue weighted by molar-refractivity contribution is 6.33. The number of carbonyl (C=O) groups is 1. The number of aromatic nitrogens is 1. The van der Waals surface area contributed by atoms with E-state index in [0.717, 1.165) is 0 Å². The number of carbonyl (C=O) groups excluding carboxylic acids is 1. The summed E-state index contributed by atoms with van der Waals surface area (Å²) in [5, 5.41) is 2.10. The molecular formula is C9H7Cl2F3N2O. The Morgan fingerprint density at radius 3 is 2.29 bits per heavy atom. The first kappa shape index (κ1) is 14.1. The highest BCUT2D eigenvalue weighted by Gasteiger charge is 2.26. The monoisotopic (exact) mass is 286 g/mol. The van der Waals surface area contributed by atoms with Gasteiger partial charge < -0.3 is 5.32 Å². The molecular weight excluding hydrogens is 280 g/mol. The smallest absolute Gasteiger partial charge is 0.352 e. The van der Waals surface area contributed by atoms with Gasteiger partial charge >= 0.3 is 6.18 Å². The predicted molar refractivity (Wildman–Crippen MR) is 57.3 cm³/mol. The van der Waals surface area contributed by atoms with Gasteiger partial charge in [0.25, 0.3) is 5.91 Å². The average Bonchev–Trinajstić information content (AvgIpc) is 2.13. The zero-order valence-electron chi connectivity index (χ0n) is 8.31. The summed E-state index contributed by atoms with van der Waals surface area (Å²) in [6, 6.07) is 2.44. The minimum absolute atomic E-state index is 0.00142. The van der Waals surface area contributed by atoms with Gasteiger partial charge in [-0.2, -0.15) is 13.2 Å². The molecule has 3 nitrogen and oxygen atoms in total. The zero-order chi connectivity index (χ0) is 13.1. The lowest BCUT2D eigenvalue weighted by molar-refractivity contribution is -0.132. The van der Waals surface area contributed by atoms with Crippen molar-refractivity contribution in [2.75, 3.05) is 6.54 Å². The summed E-state index contributed by atoms with van der Waals surface area (Å²) in [6.45, 7) is -0.500. The fraction of sp³-hybridized carbons (Fsp3) is 0.333. The number of hydrogen-bond acceptors (Lipinski definition) is 2. The van der Waals surface area contributed by atoms with Crippen LogP contribution in [0.15, 0.2) is 12.1 Å². The van der Waals surface area contributed by atoms with Gasteiger partial charge in [0.2, 0.25) is 0 Å². The highest BCUT2D eigenvalue weighted by Crippen LogP contribution is 2.18. The van der Waals surface area contributed by atoms with Crippen molar-refractivity contribution in [1.82, 2.24) is 10.3 Å². The third-order valence-electron chi connectivity index (χ3n) is 1.72. The molecule has 0 aromatic carbocycles. The number of alkyl halides is 3. The van der Waals surface area contributed by atoms with E-state index in [2.05, 4.69) is 10.3 Å². The lowest BCUT2D eigenvalue weighted by Crippen LogP contribution is -2.27. The molecule has 0 bridgehead atoms. The van der Waals surface area contributed by atoms with Crippen LogP contribution in [0.1, 0.15) is 16.8 Å². The molecule has 1 N–H and O–H groups in total. The molecule has 1 heterocycles. The largest absolute Gasteiger partial charge is 0.390 e. The van der Waals surface area contributed by atoms with Crippen molar-refractivity contribution in [2.45, 2.75) is 12.6 Å². The maximum absolute atomic E-state index is 11.8. The molecule has 1 aromatic heterocycles. The third kappa shape index (κ3) is 5.23. The van der Waals surface area contributed by atoms with Crippen molar-refractivity contribution in [1.29, 1.82) is 0 Å². The molecule has 94 valence electrons. The number of amides is 1. The fourth-order valence-corrected chi connectivity index (χ4v) is 1.48. The van der Waals surface area contributed by atoms with Crippen LogP contribution in [0.5, 0.6) is 0 Å². The maximum atomic E-state index is 11.8. The first-order chi connectivity index (χ1) is 7.78. The van der Waals surface area contributed by atoms with Crippen LogP contribution in [0.4, 0.5) is 13.2 Å². The van der Waals surface area contributed by atoms with Gasteiger partial charge in [0, 0.05) is 12.1 Å². The Bertz CT molecular complexity index is 403. The second kappa shape index (κ2) is 5.55. The lowest BCUT2D eigenvalue weighted by atomic mass is 10.2. The Hall–Kier alpha value is -1.01. The Balaban J connectivity index is 2.58. The van der Waals surface area contributed by atoms with Gasteiger partial charge in [-0.25, -0.2) is 4.98 Å². The molecule has 1 aromatic rings. The SMILES string of the molecule is O=C(NCCC(F)(F)F)c1cc(Cl)nc(Cl)c1. The van der Waals surface area contributed by atoms with Crippen molar-refractivity contribution in [3.8, 4) is 0 Å². The molecule has 0 radical (unpaired) electrons. The lowest BCUT2D eigenvalue weighted by Gasteiger charge is -2.08. The van der Waals surface area contributed by atoms with E-state index in [4.69, 9.17) is 23.2 Å². The van der Waals surface area contributed by atoms with Crippen LogP contribution in [0.3, 0.4) is 0 Å². The van der Waals surface area contributed by atoms with Gasteiger partial charge in [-0.3, -0.25) is 4.79 Å². The summed E-state index contributed by atoms with van der Waals surface area (Å²) >= 11 is 11.1. The van der Waals surface area contributed by atoms with Gasteiger partial charge in [-0.15, -0.1) is 0 Å². The maximum Gasteiger partial charge on any atom is 0.390 e. The summed E-state index contributed by atoms with van der Waals surface area (Å²) < 4.78 is 35.5. The first-order valence-electron chi connectivity index (χ1n) is 4.46. The Morgan fingerprint density at radius 1 is 1.29 bits per heavy atom. The van der Waals surface area contributed by atoms with Crippen LogP contribution in [0, 0.1) is 0 Å². The van der Waals surface area contributed by atoms with Crippen LogP contribution in [-0.4, -0.2) is 23.6 Å². The normalized spacial score (nSPS) is 11.4. The number of rotatable bonds is 3. The number of hydrogen-bond donors (Lipinski definition) is 1. The number of pyridine rings is 1. The van der Waals surface area contributed by atoms with Gasteiger partial charge in [0.15, 0.2) is 0 Å². The van der Waals surface area contributed by atoms with Crippen molar-refractivity contribution >= 4 is 29.1 Å². The Labute approximate surface area is 105 Å². The van der Waals surface area contributed by atoms with E-state index in [0.29, 0.717) is 0 Å². The van der Waals surface area contributed by atoms with Crippen molar-refractivity contribution in [2.24, 2.45) is 0 Å². The van der Waals surface area contributed by atoms with E-state index in [1.807, 2.05) is 0 Å². The van der Waals surface area contributed by atoms with Crippen molar-refractivity contribution in [3.63, 3.8) is 0 Å². The molecule has 8 heteroatoms. The van der Waals surface area contributed by atoms with E-state index in [1.54, 1.807) is 0 Å². The Kier molecular flexibility index (Phi) is 4.59. The zero-order valence-corrected chi connectivity index (χ0v) is 9.83. The van der Waals surface area contributed by atoms with Gasteiger partial charge in [0.05, 0.1) is 6.42 Å². The summed E-state index contributed by atoms with van der Waals surface area (Å²) in [5.74, 6) is -0.680. The van der Waals surface area contributed by atoms with Gasteiger partial charge in [-0.05, 0) is 12.1 Å². The van der Waals surface area contributed by atoms with Crippen LogP contribution >= 0.6 is 23.2 Å².